The molecule has 0 fully saturated rings. The molecule has 0 aliphatic heterocycles. The van der Waals surface area contributed by atoms with Crippen molar-refractivity contribution in [3.05, 3.63) is 34.6 Å². The molecule has 0 bridgehead atoms. The van der Waals surface area contributed by atoms with E-state index in [0.29, 0.717) is 23.6 Å². The van der Waals surface area contributed by atoms with Gasteiger partial charge in [0.25, 0.3) is 0 Å². The quantitative estimate of drug-likeness (QED) is 0.786. The van der Waals surface area contributed by atoms with Crippen LogP contribution in [0, 0.1) is 5.82 Å². The van der Waals surface area contributed by atoms with Crippen LogP contribution in [-0.4, -0.2) is 6.54 Å². The summed E-state index contributed by atoms with van der Waals surface area (Å²) in [6.07, 6.45) is 0.528. The van der Waals surface area contributed by atoms with Crippen molar-refractivity contribution in [2.45, 2.75) is 12.5 Å². The lowest BCUT2D eigenvalue weighted by atomic mass is 10.0. The molecule has 0 unspecified atom stereocenters. The van der Waals surface area contributed by atoms with Gasteiger partial charge in [0.15, 0.2) is 0 Å². The van der Waals surface area contributed by atoms with Crippen LogP contribution in [0.5, 0.6) is 0 Å². The van der Waals surface area contributed by atoms with Crippen LogP contribution >= 0.6 is 11.6 Å². The summed E-state index contributed by atoms with van der Waals surface area (Å²) in [5.41, 5.74) is 11.4. The Kier molecular flexibility index (Phi) is 3.66. The first-order valence-electron chi connectivity index (χ1n) is 4.06. The molecule has 4 heteroatoms. The minimum Gasteiger partial charge on any atom is -0.330 e. The lowest BCUT2D eigenvalue weighted by molar-refractivity contribution is 0.567. The second-order valence-corrected chi connectivity index (χ2v) is 3.23. The number of hydrogen-bond acceptors (Lipinski definition) is 2. The van der Waals surface area contributed by atoms with Crippen molar-refractivity contribution in [1.82, 2.24) is 0 Å². The molecule has 4 N–H and O–H groups in total. The van der Waals surface area contributed by atoms with Crippen LogP contribution in [0.3, 0.4) is 0 Å². The largest absolute Gasteiger partial charge is 0.330 e. The average molecular weight is 203 g/mol. The van der Waals surface area contributed by atoms with Gasteiger partial charge in [-0.1, -0.05) is 17.7 Å². The first-order chi connectivity index (χ1) is 6.16. The maximum Gasteiger partial charge on any atom is 0.129 e. The highest BCUT2D eigenvalue weighted by atomic mass is 35.5. The predicted molar refractivity (Wildman–Crippen MR) is 52.0 cm³/mol. The zero-order valence-corrected chi connectivity index (χ0v) is 7.89. The molecule has 0 aromatic heterocycles. The summed E-state index contributed by atoms with van der Waals surface area (Å²) in [5.74, 6) is -0.367. The fraction of sp³-hybridized carbons (Fsp3) is 0.333. The van der Waals surface area contributed by atoms with Crippen LogP contribution in [-0.2, 0) is 0 Å². The molecule has 1 aromatic carbocycles. The van der Waals surface area contributed by atoms with Gasteiger partial charge in [-0.2, -0.15) is 0 Å². The molecular formula is C9H12ClFN2. The molecule has 0 spiro atoms. The third kappa shape index (κ3) is 2.40. The average Bonchev–Trinajstić information content (AvgIpc) is 2.04. The zero-order valence-electron chi connectivity index (χ0n) is 7.13. The standard InChI is InChI=1S/C9H12ClFN2/c10-6-2-1-3-7(11)9(6)8(13)4-5-12/h1-3,8H,4-5,12-13H2/t8-/m1/s1. The second kappa shape index (κ2) is 4.56. The van der Waals surface area contributed by atoms with Crippen molar-refractivity contribution in [3.8, 4) is 0 Å². The third-order valence-electron chi connectivity index (χ3n) is 1.85. The monoisotopic (exact) mass is 202 g/mol. The first-order valence-corrected chi connectivity index (χ1v) is 4.44. The molecule has 1 atom stereocenters. The third-order valence-corrected chi connectivity index (χ3v) is 2.18. The Morgan fingerprint density at radius 3 is 2.69 bits per heavy atom. The van der Waals surface area contributed by atoms with Crippen LogP contribution in [0.2, 0.25) is 5.02 Å². The number of rotatable bonds is 3. The van der Waals surface area contributed by atoms with Gasteiger partial charge in [0.05, 0.1) is 0 Å². The lowest BCUT2D eigenvalue weighted by Gasteiger charge is -2.12. The molecule has 0 amide bonds. The van der Waals surface area contributed by atoms with Gasteiger partial charge < -0.3 is 11.5 Å². The summed E-state index contributed by atoms with van der Waals surface area (Å²) in [6, 6.07) is 4.10. The number of benzene rings is 1. The molecule has 0 radical (unpaired) electrons. The highest BCUT2D eigenvalue weighted by molar-refractivity contribution is 6.31. The molecule has 0 heterocycles. The van der Waals surface area contributed by atoms with Crippen LogP contribution in [0.1, 0.15) is 18.0 Å². The van der Waals surface area contributed by atoms with Crippen LogP contribution < -0.4 is 11.5 Å². The zero-order chi connectivity index (χ0) is 9.84. The van der Waals surface area contributed by atoms with Crippen molar-refractivity contribution in [2.24, 2.45) is 11.5 Å². The Morgan fingerprint density at radius 1 is 1.46 bits per heavy atom. The van der Waals surface area contributed by atoms with E-state index in [9.17, 15) is 4.39 Å². The molecule has 1 rings (SSSR count). The van der Waals surface area contributed by atoms with Gasteiger partial charge in [0.2, 0.25) is 0 Å². The summed E-state index contributed by atoms with van der Waals surface area (Å²) in [5, 5.41) is 0.362. The highest BCUT2D eigenvalue weighted by Crippen LogP contribution is 2.25. The van der Waals surface area contributed by atoms with E-state index in [1.54, 1.807) is 12.1 Å². The van der Waals surface area contributed by atoms with Crippen molar-refractivity contribution in [3.63, 3.8) is 0 Å². The van der Waals surface area contributed by atoms with E-state index in [2.05, 4.69) is 0 Å². The summed E-state index contributed by atoms with van der Waals surface area (Å²) < 4.78 is 13.2. The summed E-state index contributed by atoms with van der Waals surface area (Å²) in [7, 11) is 0. The van der Waals surface area contributed by atoms with Gasteiger partial charge in [-0.25, -0.2) is 4.39 Å². The number of halogens is 2. The fourth-order valence-corrected chi connectivity index (χ4v) is 1.49. The van der Waals surface area contributed by atoms with Gasteiger partial charge in [-0.05, 0) is 25.1 Å². The summed E-state index contributed by atoms with van der Waals surface area (Å²) in [4.78, 5) is 0. The van der Waals surface area contributed by atoms with Crippen molar-refractivity contribution >= 4 is 11.6 Å². The fourth-order valence-electron chi connectivity index (χ4n) is 1.19. The minimum atomic E-state index is -0.418. The molecule has 1 aromatic rings. The molecule has 72 valence electrons. The number of hydrogen-bond donors (Lipinski definition) is 2. The molecular weight excluding hydrogens is 191 g/mol. The lowest BCUT2D eigenvalue weighted by Crippen LogP contribution is -2.17. The van der Waals surface area contributed by atoms with Crippen LogP contribution in [0.4, 0.5) is 4.39 Å². The van der Waals surface area contributed by atoms with E-state index in [0.717, 1.165) is 0 Å². The smallest absolute Gasteiger partial charge is 0.129 e. The van der Waals surface area contributed by atoms with Gasteiger partial charge in [-0.3, -0.25) is 0 Å². The van der Waals surface area contributed by atoms with Crippen molar-refractivity contribution in [2.75, 3.05) is 6.54 Å². The van der Waals surface area contributed by atoms with Gasteiger partial charge in [0, 0.05) is 16.6 Å². The van der Waals surface area contributed by atoms with E-state index in [4.69, 9.17) is 23.1 Å². The summed E-state index contributed by atoms with van der Waals surface area (Å²) in [6.45, 7) is 0.422. The van der Waals surface area contributed by atoms with E-state index < -0.39 is 6.04 Å². The highest BCUT2D eigenvalue weighted by Gasteiger charge is 2.13. The van der Waals surface area contributed by atoms with Crippen LogP contribution in [0.15, 0.2) is 18.2 Å². The van der Waals surface area contributed by atoms with Crippen LogP contribution in [0.25, 0.3) is 0 Å². The SMILES string of the molecule is NCC[C@@H](N)c1c(F)cccc1Cl. The molecule has 0 saturated carbocycles. The van der Waals surface area contributed by atoms with Gasteiger partial charge in [-0.15, -0.1) is 0 Å². The van der Waals surface area contributed by atoms with E-state index in [1.807, 2.05) is 0 Å². The molecule has 13 heavy (non-hydrogen) atoms. The predicted octanol–water partition coefficient (Wildman–Crippen LogP) is 1.83. The van der Waals surface area contributed by atoms with Gasteiger partial charge in [0.1, 0.15) is 5.82 Å². The Bertz CT molecular complexity index is 271. The van der Waals surface area contributed by atoms with Crippen molar-refractivity contribution in [1.29, 1.82) is 0 Å². The Morgan fingerprint density at radius 2 is 2.15 bits per heavy atom. The maximum atomic E-state index is 13.2. The minimum absolute atomic E-state index is 0.356. The topological polar surface area (TPSA) is 52.0 Å². The molecule has 0 aliphatic rings. The molecule has 0 saturated heterocycles. The van der Waals surface area contributed by atoms with E-state index in [1.165, 1.54) is 6.07 Å². The van der Waals surface area contributed by atoms with Crippen molar-refractivity contribution < 1.29 is 4.39 Å². The Balaban J connectivity index is 2.98. The summed E-state index contributed by atoms with van der Waals surface area (Å²) >= 11 is 5.80. The molecule has 2 nitrogen and oxygen atoms in total. The Hall–Kier alpha value is -0.640. The number of nitrogens with two attached hydrogens (primary N) is 2. The van der Waals surface area contributed by atoms with E-state index >= 15 is 0 Å². The second-order valence-electron chi connectivity index (χ2n) is 2.82. The van der Waals surface area contributed by atoms with E-state index in [-0.39, 0.29) is 5.82 Å². The first kappa shape index (κ1) is 10.4. The maximum absolute atomic E-state index is 13.2. The molecule has 0 aliphatic carbocycles. The van der Waals surface area contributed by atoms with Gasteiger partial charge >= 0.3 is 0 Å². The Labute approximate surface area is 81.7 Å². The normalized spacial score (nSPS) is 12.9.